The van der Waals surface area contributed by atoms with Gasteiger partial charge in [-0.2, -0.15) is 0 Å². The zero-order valence-electron chi connectivity index (χ0n) is 18.2. The number of guanidine groups is 1. The highest BCUT2D eigenvalue weighted by Crippen LogP contribution is 2.62. The molecule has 2 N–H and O–H groups in total. The number of aliphatic imine (C=N–C) groups is 1. The van der Waals surface area contributed by atoms with E-state index in [0.29, 0.717) is 29.5 Å². The first-order chi connectivity index (χ1) is 14.3. The molecule has 1 aromatic carbocycles. The molecule has 30 heavy (non-hydrogen) atoms. The molecule has 1 spiro atoms. The topological polar surface area (TPSA) is 48.9 Å². The van der Waals surface area contributed by atoms with E-state index >= 15 is 0 Å². The van der Waals surface area contributed by atoms with Crippen LogP contribution < -0.4 is 10.6 Å². The third-order valence-corrected chi connectivity index (χ3v) is 8.04. The first-order valence-corrected chi connectivity index (χ1v) is 11.7. The fourth-order valence-corrected chi connectivity index (χ4v) is 6.20. The van der Waals surface area contributed by atoms with E-state index in [9.17, 15) is 0 Å². The van der Waals surface area contributed by atoms with Gasteiger partial charge in [0, 0.05) is 56.7 Å². The van der Waals surface area contributed by atoms with Crippen molar-refractivity contribution < 1.29 is 4.74 Å². The standard InChI is InChI=1S/C24H36N4O.HI/c1-25-23(27-21-20-11-17-29-22(20)24(21)12-5-13-24)26-19-9-15-28(16-10-19)14-8-18-6-3-2-4-7-18;/h2-4,6-7,19-22H,5,8-17H2,1H3,(H2,25,26,27);1H. The monoisotopic (exact) mass is 524 g/mol. The molecule has 2 heterocycles. The number of halogens is 1. The van der Waals surface area contributed by atoms with Crippen LogP contribution in [0.3, 0.4) is 0 Å². The minimum atomic E-state index is 0. The van der Waals surface area contributed by atoms with Gasteiger partial charge in [0.15, 0.2) is 5.96 Å². The Morgan fingerprint density at radius 3 is 2.57 bits per heavy atom. The van der Waals surface area contributed by atoms with Gasteiger partial charge in [0.2, 0.25) is 0 Å². The van der Waals surface area contributed by atoms with Gasteiger partial charge in [-0.1, -0.05) is 36.8 Å². The van der Waals surface area contributed by atoms with Gasteiger partial charge in [0.05, 0.1) is 6.10 Å². The van der Waals surface area contributed by atoms with Gasteiger partial charge in [-0.15, -0.1) is 24.0 Å². The molecule has 2 aliphatic heterocycles. The highest BCUT2D eigenvalue weighted by molar-refractivity contribution is 14.0. The van der Waals surface area contributed by atoms with Crippen molar-refractivity contribution in [3.63, 3.8) is 0 Å². The van der Waals surface area contributed by atoms with E-state index in [2.05, 4.69) is 50.9 Å². The summed E-state index contributed by atoms with van der Waals surface area (Å²) in [5.74, 6) is 1.70. The van der Waals surface area contributed by atoms with Gasteiger partial charge >= 0.3 is 0 Å². The number of ether oxygens (including phenoxy) is 1. The molecule has 6 heteroatoms. The smallest absolute Gasteiger partial charge is 0.191 e. The summed E-state index contributed by atoms with van der Waals surface area (Å²) in [6, 6.07) is 11.9. The van der Waals surface area contributed by atoms with Crippen LogP contribution in [0.4, 0.5) is 0 Å². The maximum Gasteiger partial charge on any atom is 0.191 e. The molecule has 3 atom stereocenters. The maximum absolute atomic E-state index is 6.07. The molecule has 5 nitrogen and oxygen atoms in total. The molecule has 0 amide bonds. The third kappa shape index (κ3) is 4.24. The molecule has 1 aromatic rings. The minimum absolute atomic E-state index is 0. The number of piperidine rings is 1. The molecular weight excluding hydrogens is 487 g/mol. The van der Waals surface area contributed by atoms with Crippen LogP contribution in [-0.2, 0) is 11.2 Å². The summed E-state index contributed by atoms with van der Waals surface area (Å²) in [5, 5.41) is 7.55. The van der Waals surface area contributed by atoms with Crippen LogP contribution in [0, 0.1) is 11.3 Å². The van der Waals surface area contributed by atoms with Crippen molar-refractivity contribution in [2.24, 2.45) is 16.3 Å². The Labute approximate surface area is 198 Å². The maximum atomic E-state index is 6.07. The molecule has 4 fully saturated rings. The predicted molar refractivity (Wildman–Crippen MR) is 133 cm³/mol. The van der Waals surface area contributed by atoms with Crippen molar-refractivity contribution in [1.82, 2.24) is 15.5 Å². The van der Waals surface area contributed by atoms with Crippen LogP contribution in [0.5, 0.6) is 0 Å². The SMILES string of the molecule is CN=C(NC1CCN(CCc2ccccc2)CC1)NC1C2CCOC2C12CCC2.I. The average molecular weight is 524 g/mol. The number of hydrogen-bond donors (Lipinski definition) is 2. The number of rotatable bonds is 5. The molecule has 2 saturated carbocycles. The molecule has 4 aliphatic rings. The van der Waals surface area contributed by atoms with Crippen LogP contribution >= 0.6 is 24.0 Å². The average Bonchev–Trinajstić information content (AvgIpc) is 3.15. The van der Waals surface area contributed by atoms with Gasteiger partial charge < -0.3 is 20.3 Å². The second-order valence-electron chi connectivity index (χ2n) is 9.52. The van der Waals surface area contributed by atoms with Gasteiger partial charge in [0.25, 0.3) is 0 Å². The molecular formula is C24H37IN4O. The van der Waals surface area contributed by atoms with Crippen molar-refractivity contribution in [2.45, 2.75) is 63.1 Å². The highest BCUT2D eigenvalue weighted by Gasteiger charge is 2.66. The summed E-state index contributed by atoms with van der Waals surface area (Å²) in [6.45, 7) is 4.46. The Bertz CT molecular complexity index is 715. The first kappa shape index (κ1) is 22.3. The quantitative estimate of drug-likeness (QED) is 0.352. The first-order valence-electron chi connectivity index (χ1n) is 11.7. The second-order valence-corrected chi connectivity index (χ2v) is 9.52. The lowest BCUT2D eigenvalue weighted by atomic mass is 9.46. The Hall–Kier alpha value is -0.860. The van der Waals surface area contributed by atoms with Crippen LogP contribution in [0.15, 0.2) is 35.3 Å². The molecule has 0 bridgehead atoms. The fraction of sp³-hybridized carbons (Fsp3) is 0.708. The molecule has 166 valence electrons. The van der Waals surface area contributed by atoms with Crippen LogP contribution in [0.2, 0.25) is 0 Å². The summed E-state index contributed by atoms with van der Waals surface area (Å²) in [4.78, 5) is 7.19. The number of hydrogen-bond acceptors (Lipinski definition) is 3. The van der Waals surface area contributed by atoms with Crippen molar-refractivity contribution in [1.29, 1.82) is 0 Å². The van der Waals surface area contributed by atoms with Gasteiger partial charge in [-0.25, -0.2) is 0 Å². The second kappa shape index (κ2) is 9.74. The van der Waals surface area contributed by atoms with E-state index in [4.69, 9.17) is 4.74 Å². The Morgan fingerprint density at radius 2 is 1.90 bits per heavy atom. The molecule has 3 unspecified atom stereocenters. The Kier molecular flexibility index (Phi) is 7.25. The lowest BCUT2D eigenvalue weighted by Crippen LogP contribution is -2.72. The zero-order valence-corrected chi connectivity index (χ0v) is 20.5. The van der Waals surface area contributed by atoms with Crippen LogP contribution in [0.1, 0.15) is 44.1 Å². The van der Waals surface area contributed by atoms with Crippen molar-refractivity contribution in [2.75, 3.05) is 33.3 Å². The van der Waals surface area contributed by atoms with E-state index in [1.165, 1.54) is 57.2 Å². The van der Waals surface area contributed by atoms with Crippen LogP contribution in [-0.4, -0.2) is 62.3 Å². The summed E-state index contributed by atoms with van der Waals surface area (Å²) in [5.41, 5.74) is 1.84. The lowest BCUT2D eigenvalue weighted by Gasteiger charge is -2.63. The fourth-order valence-electron chi connectivity index (χ4n) is 6.20. The highest BCUT2D eigenvalue weighted by atomic mass is 127. The van der Waals surface area contributed by atoms with E-state index in [0.717, 1.165) is 25.5 Å². The Morgan fingerprint density at radius 1 is 1.13 bits per heavy atom. The van der Waals surface area contributed by atoms with Gasteiger partial charge in [0.1, 0.15) is 0 Å². The van der Waals surface area contributed by atoms with Crippen molar-refractivity contribution >= 4 is 29.9 Å². The normalized spacial score (nSPS) is 30.7. The van der Waals surface area contributed by atoms with Crippen molar-refractivity contribution in [3.8, 4) is 0 Å². The van der Waals surface area contributed by atoms with E-state index in [1.807, 2.05) is 7.05 Å². The number of benzene rings is 1. The van der Waals surface area contributed by atoms with Gasteiger partial charge in [-0.3, -0.25) is 4.99 Å². The van der Waals surface area contributed by atoms with Crippen LogP contribution in [0.25, 0.3) is 0 Å². The Balaban J connectivity index is 0.00000218. The number of fused-ring (bicyclic) bond motifs is 2. The third-order valence-electron chi connectivity index (χ3n) is 8.04. The summed E-state index contributed by atoms with van der Waals surface area (Å²) in [7, 11) is 1.92. The predicted octanol–water partition coefficient (Wildman–Crippen LogP) is 3.43. The zero-order chi connectivity index (χ0) is 19.7. The molecule has 2 saturated heterocycles. The minimum Gasteiger partial charge on any atom is -0.377 e. The van der Waals surface area contributed by atoms with E-state index in [1.54, 1.807) is 0 Å². The molecule has 0 aromatic heterocycles. The van der Waals surface area contributed by atoms with E-state index < -0.39 is 0 Å². The lowest BCUT2D eigenvalue weighted by molar-refractivity contribution is -0.171. The van der Waals surface area contributed by atoms with E-state index in [-0.39, 0.29) is 24.0 Å². The summed E-state index contributed by atoms with van der Waals surface area (Å²) >= 11 is 0. The van der Waals surface area contributed by atoms with Gasteiger partial charge in [-0.05, 0) is 44.1 Å². The number of likely N-dealkylation sites (tertiary alicyclic amines) is 1. The van der Waals surface area contributed by atoms with Crippen molar-refractivity contribution in [3.05, 3.63) is 35.9 Å². The molecule has 0 radical (unpaired) electrons. The summed E-state index contributed by atoms with van der Waals surface area (Å²) in [6.07, 6.45) is 9.27. The summed E-state index contributed by atoms with van der Waals surface area (Å²) < 4.78 is 6.07. The molecule has 5 rings (SSSR count). The number of nitrogens with zero attached hydrogens (tertiary/aromatic N) is 2. The largest absolute Gasteiger partial charge is 0.377 e. The molecule has 2 aliphatic carbocycles. The number of nitrogens with one attached hydrogen (secondary N) is 2.